The molecule has 7 heteroatoms. The SMILES string of the molecule is COc1cccc(CC(=O)N2CC[C@@H](Oc3cc(F)cc(F)c3)[C@H](O)C2)c1. The Morgan fingerprint density at radius 2 is 1.93 bits per heavy atom. The van der Waals surface area contributed by atoms with E-state index in [1.807, 2.05) is 12.1 Å². The van der Waals surface area contributed by atoms with Gasteiger partial charge in [-0.25, -0.2) is 8.78 Å². The van der Waals surface area contributed by atoms with Gasteiger partial charge in [0.05, 0.1) is 20.1 Å². The maximum atomic E-state index is 13.3. The number of amides is 1. The molecule has 1 aliphatic heterocycles. The Hall–Kier alpha value is -2.67. The Morgan fingerprint density at radius 1 is 1.19 bits per heavy atom. The van der Waals surface area contributed by atoms with Crippen LogP contribution in [-0.2, 0) is 11.2 Å². The van der Waals surface area contributed by atoms with Crippen molar-refractivity contribution in [2.45, 2.75) is 25.0 Å². The number of likely N-dealkylation sites (tertiary alicyclic amines) is 1. The van der Waals surface area contributed by atoms with E-state index in [9.17, 15) is 18.7 Å². The quantitative estimate of drug-likeness (QED) is 0.870. The fourth-order valence-corrected chi connectivity index (χ4v) is 3.11. The number of hydrogen-bond acceptors (Lipinski definition) is 4. The Balaban J connectivity index is 1.58. The van der Waals surface area contributed by atoms with Gasteiger partial charge in [0.1, 0.15) is 35.3 Å². The normalized spacial score (nSPS) is 19.6. The lowest BCUT2D eigenvalue weighted by atomic mass is 10.0. The third-order valence-corrected chi connectivity index (χ3v) is 4.49. The highest BCUT2D eigenvalue weighted by Gasteiger charge is 2.31. The lowest BCUT2D eigenvalue weighted by Crippen LogP contribution is -2.51. The van der Waals surface area contributed by atoms with Crippen LogP contribution in [0.25, 0.3) is 0 Å². The maximum absolute atomic E-state index is 13.3. The topological polar surface area (TPSA) is 59.0 Å². The van der Waals surface area contributed by atoms with Gasteiger partial charge in [0, 0.05) is 31.2 Å². The molecule has 0 aromatic heterocycles. The molecule has 1 amide bonds. The van der Waals surface area contributed by atoms with E-state index in [1.165, 1.54) is 0 Å². The fraction of sp³-hybridized carbons (Fsp3) is 0.350. The first-order chi connectivity index (χ1) is 12.9. The number of carbonyl (C=O) groups excluding carboxylic acids is 1. The molecule has 1 aliphatic rings. The Labute approximate surface area is 156 Å². The van der Waals surface area contributed by atoms with Gasteiger partial charge in [-0.1, -0.05) is 12.1 Å². The molecular formula is C20H21F2NO4. The number of aliphatic hydroxyl groups is 1. The van der Waals surface area contributed by atoms with Crippen molar-refractivity contribution in [1.29, 1.82) is 0 Å². The molecular weight excluding hydrogens is 356 g/mol. The second-order valence-electron chi connectivity index (χ2n) is 6.49. The predicted octanol–water partition coefficient (Wildman–Crippen LogP) is 2.56. The van der Waals surface area contributed by atoms with Crippen LogP contribution >= 0.6 is 0 Å². The highest BCUT2D eigenvalue weighted by atomic mass is 19.1. The van der Waals surface area contributed by atoms with E-state index in [-0.39, 0.29) is 24.6 Å². The molecule has 0 radical (unpaired) electrons. The molecule has 2 atom stereocenters. The minimum Gasteiger partial charge on any atom is -0.497 e. The van der Waals surface area contributed by atoms with E-state index in [2.05, 4.69) is 0 Å². The van der Waals surface area contributed by atoms with Gasteiger partial charge in [0.25, 0.3) is 0 Å². The molecule has 2 aromatic carbocycles. The molecule has 5 nitrogen and oxygen atoms in total. The summed E-state index contributed by atoms with van der Waals surface area (Å²) in [5, 5.41) is 10.3. The average molecular weight is 377 g/mol. The first-order valence-corrected chi connectivity index (χ1v) is 8.66. The third kappa shape index (κ3) is 4.95. The maximum Gasteiger partial charge on any atom is 0.227 e. The summed E-state index contributed by atoms with van der Waals surface area (Å²) in [4.78, 5) is 14.1. The zero-order valence-electron chi connectivity index (χ0n) is 14.9. The minimum atomic E-state index is -0.945. The summed E-state index contributed by atoms with van der Waals surface area (Å²) in [6, 6.07) is 10.1. The van der Waals surface area contributed by atoms with Gasteiger partial charge in [-0.3, -0.25) is 4.79 Å². The molecule has 0 spiro atoms. The van der Waals surface area contributed by atoms with Crippen LogP contribution in [0.3, 0.4) is 0 Å². The molecule has 1 saturated heterocycles. The molecule has 0 saturated carbocycles. The third-order valence-electron chi connectivity index (χ3n) is 4.49. The highest BCUT2D eigenvalue weighted by Crippen LogP contribution is 2.22. The van der Waals surface area contributed by atoms with Crippen LogP contribution in [0.4, 0.5) is 8.78 Å². The average Bonchev–Trinajstić information content (AvgIpc) is 2.62. The Bertz CT molecular complexity index is 794. The number of rotatable bonds is 5. The van der Waals surface area contributed by atoms with Gasteiger partial charge in [-0.2, -0.15) is 0 Å². The first-order valence-electron chi connectivity index (χ1n) is 8.66. The van der Waals surface area contributed by atoms with Crippen molar-refractivity contribution in [2.75, 3.05) is 20.2 Å². The summed E-state index contributed by atoms with van der Waals surface area (Å²) in [5.41, 5.74) is 0.822. The van der Waals surface area contributed by atoms with Crippen molar-refractivity contribution in [3.05, 3.63) is 59.7 Å². The van der Waals surface area contributed by atoms with Crippen LogP contribution in [0.15, 0.2) is 42.5 Å². The number of halogens is 2. The molecule has 0 unspecified atom stereocenters. The lowest BCUT2D eigenvalue weighted by molar-refractivity contribution is -0.136. The van der Waals surface area contributed by atoms with Gasteiger partial charge in [0.2, 0.25) is 5.91 Å². The second kappa shape index (κ2) is 8.35. The number of ether oxygens (including phenoxy) is 2. The van der Waals surface area contributed by atoms with Crippen molar-refractivity contribution in [3.8, 4) is 11.5 Å². The van der Waals surface area contributed by atoms with Crippen molar-refractivity contribution < 1.29 is 28.2 Å². The minimum absolute atomic E-state index is 0.0210. The van der Waals surface area contributed by atoms with Crippen LogP contribution < -0.4 is 9.47 Å². The Morgan fingerprint density at radius 3 is 2.59 bits per heavy atom. The summed E-state index contributed by atoms with van der Waals surface area (Å²) in [5.74, 6) is -0.907. The number of β-amino-alcohol motifs (C(OH)–C–C–N with tert-alkyl or cyclic N) is 1. The van der Waals surface area contributed by atoms with Gasteiger partial charge in [0.15, 0.2) is 0 Å². The molecule has 1 heterocycles. The highest BCUT2D eigenvalue weighted by molar-refractivity contribution is 5.79. The largest absolute Gasteiger partial charge is 0.497 e. The summed E-state index contributed by atoms with van der Waals surface area (Å²) < 4.78 is 37.2. The molecule has 2 aromatic rings. The van der Waals surface area contributed by atoms with Crippen LogP contribution in [0, 0.1) is 11.6 Å². The van der Waals surface area contributed by atoms with Gasteiger partial charge in [-0.05, 0) is 17.7 Å². The molecule has 27 heavy (non-hydrogen) atoms. The number of hydrogen-bond donors (Lipinski definition) is 1. The summed E-state index contributed by atoms with van der Waals surface area (Å²) >= 11 is 0. The van der Waals surface area contributed by atoms with Crippen molar-refractivity contribution in [2.24, 2.45) is 0 Å². The van der Waals surface area contributed by atoms with Gasteiger partial charge in [-0.15, -0.1) is 0 Å². The van der Waals surface area contributed by atoms with E-state index < -0.39 is 23.8 Å². The van der Waals surface area contributed by atoms with Crippen molar-refractivity contribution in [1.82, 2.24) is 4.90 Å². The Kier molecular flexibility index (Phi) is 5.91. The van der Waals surface area contributed by atoms with Crippen LogP contribution in [0.5, 0.6) is 11.5 Å². The molecule has 144 valence electrons. The molecule has 1 N–H and O–H groups in total. The van der Waals surface area contributed by atoms with E-state index in [1.54, 1.807) is 24.1 Å². The number of benzene rings is 2. The monoisotopic (exact) mass is 377 g/mol. The zero-order valence-corrected chi connectivity index (χ0v) is 14.9. The van der Waals surface area contributed by atoms with Crippen LogP contribution in [0.2, 0.25) is 0 Å². The summed E-state index contributed by atoms with van der Waals surface area (Å²) in [6.07, 6.45) is -1.01. The zero-order chi connectivity index (χ0) is 19.4. The smallest absolute Gasteiger partial charge is 0.227 e. The number of piperidine rings is 1. The molecule has 0 aliphatic carbocycles. The summed E-state index contributed by atoms with van der Waals surface area (Å²) in [7, 11) is 1.56. The lowest BCUT2D eigenvalue weighted by Gasteiger charge is -2.36. The molecule has 1 fully saturated rings. The first kappa shape index (κ1) is 19.1. The van der Waals surface area contributed by atoms with E-state index in [0.29, 0.717) is 18.7 Å². The molecule has 0 bridgehead atoms. The van der Waals surface area contributed by atoms with Crippen LogP contribution in [-0.4, -0.2) is 48.3 Å². The van der Waals surface area contributed by atoms with Crippen molar-refractivity contribution >= 4 is 5.91 Å². The number of nitrogens with zero attached hydrogens (tertiary/aromatic N) is 1. The van der Waals surface area contributed by atoms with E-state index in [0.717, 1.165) is 23.8 Å². The van der Waals surface area contributed by atoms with E-state index >= 15 is 0 Å². The standard InChI is InChI=1S/C20H21F2NO4/c1-26-16-4-2-3-13(7-16)8-20(25)23-6-5-19(18(24)12-23)27-17-10-14(21)9-15(22)11-17/h2-4,7,9-11,18-19,24H,5-6,8,12H2,1H3/t18-,19-/m1/s1. The predicted molar refractivity (Wildman–Crippen MR) is 94.7 cm³/mol. The second-order valence-corrected chi connectivity index (χ2v) is 6.49. The van der Waals surface area contributed by atoms with Gasteiger partial charge < -0.3 is 19.5 Å². The molecule has 3 rings (SSSR count). The van der Waals surface area contributed by atoms with Crippen molar-refractivity contribution in [3.63, 3.8) is 0 Å². The number of methoxy groups -OCH3 is 1. The number of aliphatic hydroxyl groups excluding tert-OH is 1. The van der Waals surface area contributed by atoms with Gasteiger partial charge >= 0.3 is 0 Å². The fourth-order valence-electron chi connectivity index (χ4n) is 3.11. The van der Waals surface area contributed by atoms with E-state index in [4.69, 9.17) is 9.47 Å². The number of carbonyl (C=O) groups is 1. The van der Waals surface area contributed by atoms with Crippen LogP contribution in [0.1, 0.15) is 12.0 Å². The summed E-state index contributed by atoms with van der Waals surface area (Å²) in [6.45, 7) is 0.494.